The molecule has 0 saturated heterocycles. The highest BCUT2D eigenvalue weighted by molar-refractivity contribution is 7.89. The number of aliphatic hydroxyl groups is 1. The van der Waals surface area contributed by atoms with E-state index < -0.39 is 16.1 Å². The highest BCUT2D eigenvalue weighted by Gasteiger charge is 2.18. The molecular weight excluding hydrogens is 366 g/mol. The third-order valence-corrected chi connectivity index (χ3v) is 5.98. The van der Waals surface area contributed by atoms with E-state index >= 15 is 0 Å². The second-order valence-electron chi connectivity index (χ2n) is 6.32. The molecule has 0 radical (unpaired) electrons. The van der Waals surface area contributed by atoms with Crippen molar-refractivity contribution in [1.29, 1.82) is 0 Å². The van der Waals surface area contributed by atoms with Crippen molar-refractivity contribution in [1.82, 2.24) is 4.72 Å². The molecule has 0 spiro atoms. The molecule has 4 rings (SSSR count). The van der Waals surface area contributed by atoms with E-state index in [4.69, 9.17) is 9.47 Å². The van der Waals surface area contributed by atoms with Gasteiger partial charge in [0.05, 0.1) is 11.0 Å². The standard InChI is InChI=1S/C20H19NO5S/c22-18(16-6-8-19-20(12-16)26-13-25-19)9-10-21-27(23,24)17-7-5-14-3-1-2-4-15(14)11-17/h1-8,11-12,18,21-22H,9-10,13H2. The van der Waals surface area contributed by atoms with E-state index in [1.165, 1.54) is 0 Å². The Morgan fingerprint density at radius 1 is 0.963 bits per heavy atom. The molecule has 0 aromatic heterocycles. The summed E-state index contributed by atoms with van der Waals surface area (Å²) < 4.78 is 38.1. The summed E-state index contributed by atoms with van der Waals surface area (Å²) >= 11 is 0. The number of sulfonamides is 1. The van der Waals surface area contributed by atoms with Crippen LogP contribution in [0, 0.1) is 0 Å². The molecule has 0 amide bonds. The fraction of sp³-hybridized carbons (Fsp3) is 0.200. The van der Waals surface area contributed by atoms with Crippen LogP contribution in [-0.4, -0.2) is 26.9 Å². The molecule has 1 atom stereocenters. The normalized spacial score (nSPS) is 14.4. The Hall–Kier alpha value is -2.61. The molecule has 2 N–H and O–H groups in total. The second kappa shape index (κ2) is 7.19. The predicted molar refractivity (Wildman–Crippen MR) is 101 cm³/mol. The predicted octanol–water partition coefficient (Wildman–Crippen LogP) is 2.97. The highest BCUT2D eigenvalue weighted by atomic mass is 32.2. The van der Waals surface area contributed by atoms with Crippen molar-refractivity contribution in [2.24, 2.45) is 0 Å². The molecule has 1 unspecified atom stereocenters. The molecule has 140 valence electrons. The highest BCUT2D eigenvalue weighted by Crippen LogP contribution is 2.34. The largest absolute Gasteiger partial charge is 0.454 e. The van der Waals surface area contributed by atoms with Crippen LogP contribution in [0.25, 0.3) is 10.8 Å². The van der Waals surface area contributed by atoms with Gasteiger partial charge < -0.3 is 14.6 Å². The van der Waals surface area contributed by atoms with Gasteiger partial charge in [-0.3, -0.25) is 0 Å². The van der Waals surface area contributed by atoms with Gasteiger partial charge in [0.15, 0.2) is 11.5 Å². The number of ether oxygens (including phenoxy) is 2. The first kappa shape index (κ1) is 17.8. The van der Waals surface area contributed by atoms with Gasteiger partial charge in [-0.2, -0.15) is 0 Å². The maximum Gasteiger partial charge on any atom is 0.240 e. The van der Waals surface area contributed by atoms with Crippen molar-refractivity contribution in [3.63, 3.8) is 0 Å². The van der Waals surface area contributed by atoms with E-state index in [-0.39, 0.29) is 24.7 Å². The number of rotatable bonds is 6. The lowest BCUT2D eigenvalue weighted by atomic mass is 10.1. The molecule has 0 fully saturated rings. The lowest BCUT2D eigenvalue weighted by molar-refractivity contribution is 0.166. The van der Waals surface area contributed by atoms with E-state index in [2.05, 4.69) is 4.72 Å². The summed E-state index contributed by atoms with van der Waals surface area (Å²) in [7, 11) is -3.64. The minimum Gasteiger partial charge on any atom is -0.454 e. The number of hydrogen-bond acceptors (Lipinski definition) is 5. The van der Waals surface area contributed by atoms with E-state index in [1.54, 1.807) is 36.4 Å². The number of benzene rings is 3. The van der Waals surface area contributed by atoms with Gasteiger partial charge >= 0.3 is 0 Å². The number of aliphatic hydroxyl groups excluding tert-OH is 1. The maximum absolute atomic E-state index is 12.5. The molecule has 0 bridgehead atoms. The summed E-state index contributed by atoms with van der Waals surface area (Å²) in [5, 5.41) is 12.2. The van der Waals surface area contributed by atoms with Crippen LogP contribution in [0.5, 0.6) is 11.5 Å². The third kappa shape index (κ3) is 3.75. The lowest BCUT2D eigenvalue weighted by Gasteiger charge is -2.13. The number of hydrogen-bond donors (Lipinski definition) is 2. The molecule has 1 aliphatic rings. The van der Waals surface area contributed by atoms with Crippen LogP contribution in [0.1, 0.15) is 18.1 Å². The van der Waals surface area contributed by atoms with Gasteiger partial charge in [-0.1, -0.05) is 36.4 Å². The summed E-state index contributed by atoms with van der Waals surface area (Å²) in [6.45, 7) is 0.283. The zero-order chi connectivity index (χ0) is 18.9. The Morgan fingerprint density at radius 2 is 1.74 bits per heavy atom. The molecule has 1 heterocycles. The monoisotopic (exact) mass is 385 g/mol. The van der Waals surface area contributed by atoms with Gasteiger partial charge in [0.25, 0.3) is 0 Å². The van der Waals surface area contributed by atoms with Crippen LogP contribution in [-0.2, 0) is 10.0 Å². The van der Waals surface area contributed by atoms with Gasteiger partial charge in [-0.15, -0.1) is 0 Å². The van der Waals surface area contributed by atoms with Crippen molar-refractivity contribution >= 4 is 20.8 Å². The Morgan fingerprint density at radius 3 is 2.59 bits per heavy atom. The first-order valence-electron chi connectivity index (χ1n) is 8.59. The Labute approximate surface area is 157 Å². The Bertz CT molecular complexity index is 1080. The van der Waals surface area contributed by atoms with E-state index in [1.807, 2.05) is 24.3 Å². The minimum absolute atomic E-state index is 0.116. The van der Waals surface area contributed by atoms with Crippen LogP contribution >= 0.6 is 0 Å². The summed E-state index contributed by atoms with van der Waals surface area (Å²) in [6, 6.07) is 17.8. The zero-order valence-corrected chi connectivity index (χ0v) is 15.3. The fourth-order valence-electron chi connectivity index (χ4n) is 3.03. The van der Waals surface area contributed by atoms with Crippen LogP contribution in [0.4, 0.5) is 0 Å². The molecule has 0 aliphatic carbocycles. The molecular formula is C20H19NO5S. The topological polar surface area (TPSA) is 84.9 Å². The Kier molecular flexibility index (Phi) is 4.73. The molecule has 3 aromatic carbocycles. The first-order chi connectivity index (χ1) is 13.0. The minimum atomic E-state index is -3.64. The van der Waals surface area contributed by atoms with Crippen molar-refractivity contribution in [2.75, 3.05) is 13.3 Å². The average Bonchev–Trinajstić information content (AvgIpc) is 3.15. The second-order valence-corrected chi connectivity index (χ2v) is 8.09. The molecule has 6 nitrogen and oxygen atoms in total. The third-order valence-electron chi connectivity index (χ3n) is 4.52. The van der Waals surface area contributed by atoms with E-state index in [0.29, 0.717) is 17.1 Å². The van der Waals surface area contributed by atoms with Gasteiger partial charge in [-0.05, 0) is 47.0 Å². The lowest BCUT2D eigenvalue weighted by Crippen LogP contribution is -2.26. The van der Waals surface area contributed by atoms with Crippen molar-refractivity contribution in [2.45, 2.75) is 17.4 Å². The van der Waals surface area contributed by atoms with Gasteiger partial charge in [0.1, 0.15) is 0 Å². The van der Waals surface area contributed by atoms with Crippen LogP contribution < -0.4 is 14.2 Å². The van der Waals surface area contributed by atoms with Crippen LogP contribution in [0.2, 0.25) is 0 Å². The van der Waals surface area contributed by atoms with Crippen LogP contribution in [0.15, 0.2) is 65.6 Å². The average molecular weight is 385 g/mol. The first-order valence-corrected chi connectivity index (χ1v) is 10.1. The quantitative estimate of drug-likeness (QED) is 0.681. The SMILES string of the molecule is O=S(=O)(NCCC(O)c1ccc2c(c1)OCO2)c1ccc2ccccc2c1. The van der Waals surface area contributed by atoms with Gasteiger partial charge in [0.2, 0.25) is 16.8 Å². The smallest absolute Gasteiger partial charge is 0.240 e. The maximum atomic E-state index is 12.5. The van der Waals surface area contributed by atoms with Gasteiger partial charge in [-0.25, -0.2) is 13.1 Å². The molecule has 1 aliphatic heterocycles. The zero-order valence-electron chi connectivity index (χ0n) is 14.5. The Balaban J connectivity index is 1.41. The van der Waals surface area contributed by atoms with Gasteiger partial charge in [0, 0.05) is 6.54 Å². The van der Waals surface area contributed by atoms with Crippen LogP contribution in [0.3, 0.4) is 0 Å². The molecule has 3 aromatic rings. The number of nitrogens with one attached hydrogen (secondary N) is 1. The summed E-state index contributed by atoms with van der Waals surface area (Å²) in [5.41, 5.74) is 0.657. The van der Waals surface area contributed by atoms with Crippen molar-refractivity contribution in [3.8, 4) is 11.5 Å². The van der Waals surface area contributed by atoms with Crippen molar-refractivity contribution < 1.29 is 23.0 Å². The van der Waals surface area contributed by atoms with E-state index in [9.17, 15) is 13.5 Å². The van der Waals surface area contributed by atoms with Crippen molar-refractivity contribution in [3.05, 3.63) is 66.2 Å². The molecule has 7 heteroatoms. The number of fused-ring (bicyclic) bond motifs is 2. The summed E-state index contributed by atoms with van der Waals surface area (Å²) in [4.78, 5) is 0.207. The van der Waals surface area contributed by atoms with E-state index in [0.717, 1.165) is 10.8 Å². The summed E-state index contributed by atoms with van der Waals surface area (Å²) in [6.07, 6.45) is -0.564. The summed E-state index contributed by atoms with van der Waals surface area (Å²) in [5.74, 6) is 1.23. The molecule has 27 heavy (non-hydrogen) atoms. The fourth-order valence-corrected chi connectivity index (χ4v) is 4.12. The molecule has 0 saturated carbocycles.